The Hall–Kier alpha value is -2.67. The maximum absolute atomic E-state index is 13.6. The molecule has 198 valence electrons. The maximum Gasteiger partial charge on any atom is 0.257 e. The summed E-state index contributed by atoms with van der Waals surface area (Å²) >= 11 is 1.55. The molecule has 37 heavy (non-hydrogen) atoms. The third-order valence-electron chi connectivity index (χ3n) is 7.52. The lowest BCUT2D eigenvalue weighted by Gasteiger charge is -2.36. The molecule has 2 saturated heterocycles. The van der Waals surface area contributed by atoms with Gasteiger partial charge in [0, 0.05) is 19.5 Å². The summed E-state index contributed by atoms with van der Waals surface area (Å²) in [6.07, 6.45) is 2.41. The van der Waals surface area contributed by atoms with Crippen LogP contribution in [0.3, 0.4) is 0 Å². The summed E-state index contributed by atoms with van der Waals surface area (Å²) in [7, 11) is -3.57. The van der Waals surface area contributed by atoms with Gasteiger partial charge in [0.2, 0.25) is 15.9 Å². The van der Waals surface area contributed by atoms with Crippen molar-refractivity contribution in [1.82, 2.24) is 19.5 Å². The second-order valence-corrected chi connectivity index (χ2v) is 12.9. The molecule has 5 rings (SSSR count). The van der Waals surface area contributed by atoms with E-state index in [9.17, 15) is 23.1 Å². The zero-order valence-electron chi connectivity index (χ0n) is 21.0. The van der Waals surface area contributed by atoms with E-state index in [1.165, 1.54) is 9.21 Å². The van der Waals surface area contributed by atoms with Crippen LogP contribution in [-0.2, 0) is 25.2 Å². The van der Waals surface area contributed by atoms with Gasteiger partial charge in [-0.2, -0.15) is 4.31 Å². The molecule has 4 atom stereocenters. The highest BCUT2D eigenvalue weighted by atomic mass is 32.2. The van der Waals surface area contributed by atoms with E-state index in [0.29, 0.717) is 30.8 Å². The quantitative estimate of drug-likeness (QED) is 0.587. The van der Waals surface area contributed by atoms with Gasteiger partial charge >= 0.3 is 0 Å². The number of aryl methyl sites for hydroxylation is 1. The van der Waals surface area contributed by atoms with Crippen LogP contribution in [0.1, 0.15) is 43.9 Å². The van der Waals surface area contributed by atoms with Crippen molar-refractivity contribution < 1.29 is 23.1 Å². The summed E-state index contributed by atoms with van der Waals surface area (Å²) < 4.78 is 25.9. The molecule has 10 nitrogen and oxygen atoms in total. The molecule has 1 aromatic carbocycles. The van der Waals surface area contributed by atoms with Gasteiger partial charge in [0.1, 0.15) is 11.9 Å². The van der Waals surface area contributed by atoms with Crippen LogP contribution in [-0.4, -0.2) is 82.9 Å². The van der Waals surface area contributed by atoms with Gasteiger partial charge in [0.15, 0.2) is 5.54 Å². The normalized spacial score (nSPS) is 28.9. The van der Waals surface area contributed by atoms with E-state index in [4.69, 9.17) is 4.99 Å². The Balaban J connectivity index is 1.42. The van der Waals surface area contributed by atoms with Gasteiger partial charge < -0.3 is 15.3 Å². The van der Waals surface area contributed by atoms with Gasteiger partial charge in [-0.1, -0.05) is 30.7 Å². The van der Waals surface area contributed by atoms with Crippen LogP contribution in [0.4, 0.5) is 0 Å². The summed E-state index contributed by atoms with van der Waals surface area (Å²) in [5.74, 6) is -0.351. The van der Waals surface area contributed by atoms with Crippen molar-refractivity contribution in [3.63, 3.8) is 0 Å². The molecule has 2 amide bonds. The molecule has 2 fully saturated rings. The first kappa shape index (κ1) is 26.0. The van der Waals surface area contributed by atoms with Crippen LogP contribution in [0.15, 0.2) is 34.8 Å². The number of sulfonamides is 1. The Morgan fingerprint density at radius 3 is 2.62 bits per heavy atom. The number of amidine groups is 1. The summed E-state index contributed by atoms with van der Waals surface area (Å²) in [5, 5.41) is 13.3. The molecule has 0 aliphatic carbocycles. The number of aromatic nitrogens is 1. The maximum atomic E-state index is 13.6. The molecule has 0 bridgehead atoms. The minimum Gasteiger partial charge on any atom is -0.391 e. The van der Waals surface area contributed by atoms with Crippen LogP contribution in [0.25, 0.3) is 10.4 Å². The molecule has 2 aromatic rings. The fourth-order valence-electron chi connectivity index (χ4n) is 5.49. The highest BCUT2D eigenvalue weighted by Crippen LogP contribution is 2.35. The van der Waals surface area contributed by atoms with Gasteiger partial charge in [-0.25, -0.2) is 18.4 Å². The third kappa shape index (κ3) is 4.71. The number of nitrogens with zero attached hydrogens (tertiary/aromatic N) is 4. The molecular formula is C25H31N5O5S2. The molecule has 3 aliphatic heterocycles. The fourth-order valence-corrected chi connectivity index (χ4v) is 7.42. The second kappa shape index (κ2) is 9.57. The van der Waals surface area contributed by atoms with Crippen molar-refractivity contribution in [2.75, 3.05) is 19.3 Å². The van der Waals surface area contributed by atoms with E-state index in [-0.39, 0.29) is 24.8 Å². The van der Waals surface area contributed by atoms with E-state index in [1.54, 1.807) is 23.8 Å². The second-order valence-electron chi connectivity index (χ2n) is 10.1. The number of hydrogen-bond acceptors (Lipinski definition) is 8. The van der Waals surface area contributed by atoms with Crippen molar-refractivity contribution in [2.45, 2.75) is 63.3 Å². The van der Waals surface area contributed by atoms with Gasteiger partial charge in [-0.3, -0.25) is 9.59 Å². The van der Waals surface area contributed by atoms with Crippen molar-refractivity contribution in [1.29, 1.82) is 0 Å². The average molecular weight is 546 g/mol. The van der Waals surface area contributed by atoms with Crippen molar-refractivity contribution >= 4 is 39.0 Å². The largest absolute Gasteiger partial charge is 0.391 e. The topological polar surface area (TPSA) is 132 Å². The molecule has 2 N–H and O–H groups in total. The summed E-state index contributed by atoms with van der Waals surface area (Å²) in [6.45, 7) is 4.04. The van der Waals surface area contributed by atoms with Crippen molar-refractivity contribution in [2.24, 2.45) is 4.99 Å². The number of benzene rings is 1. The Morgan fingerprint density at radius 1 is 1.24 bits per heavy atom. The zero-order chi connectivity index (χ0) is 26.5. The van der Waals surface area contributed by atoms with Crippen LogP contribution < -0.4 is 5.32 Å². The minimum absolute atomic E-state index is 0.0616. The van der Waals surface area contributed by atoms with E-state index < -0.39 is 33.7 Å². The number of rotatable bonds is 5. The van der Waals surface area contributed by atoms with Gasteiger partial charge in [0.25, 0.3) is 5.91 Å². The Bertz CT molecular complexity index is 1360. The summed E-state index contributed by atoms with van der Waals surface area (Å²) in [4.78, 5) is 38.4. The number of likely N-dealkylation sites (tertiary alicyclic amines) is 1. The highest BCUT2D eigenvalue weighted by molar-refractivity contribution is 7.88. The number of aliphatic hydroxyl groups is 1. The molecule has 0 radical (unpaired) electrons. The predicted molar refractivity (Wildman–Crippen MR) is 141 cm³/mol. The van der Waals surface area contributed by atoms with E-state index in [0.717, 1.165) is 28.8 Å². The smallest absolute Gasteiger partial charge is 0.257 e. The Morgan fingerprint density at radius 2 is 1.97 bits per heavy atom. The molecule has 0 unspecified atom stereocenters. The zero-order valence-corrected chi connectivity index (χ0v) is 22.7. The van der Waals surface area contributed by atoms with Gasteiger partial charge in [-0.05, 0) is 37.8 Å². The number of carbonyl (C=O) groups excluding carboxylic acids is 2. The van der Waals surface area contributed by atoms with E-state index >= 15 is 0 Å². The summed E-state index contributed by atoms with van der Waals surface area (Å²) in [6, 6.07) is 6.18. The first-order chi connectivity index (χ1) is 17.5. The first-order valence-corrected chi connectivity index (χ1v) is 15.1. The van der Waals surface area contributed by atoms with Crippen molar-refractivity contribution in [3.05, 3.63) is 41.0 Å². The number of aliphatic hydroxyl groups excluding tert-OH is 1. The predicted octanol–water partition coefficient (Wildman–Crippen LogP) is 1.64. The standard InChI is InChI=1S/C25H31N5O5S2/c1-15-21(36-14-26-15)16-7-9-17(10-8-16)25(2)24(33)27-22(28-25)20-12-18(31)13-29(20)23(32)19-6-4-5-11-30(19)37(3,34)35/h7-10,14,18-20,31H,4-6,11-13H2,1-3H3,(H,27,28,33)/t18-,19+,20-,25+/m1/s1. The molecule has 12 heteroatoms. The lowest BCUT2D eigenvalue weighted by Crippen LogP contribution is -2.55. The van der Waals surface area contributed by atoms with Gasteiger partial charge in [0.05, 0.1) is 34.5 Å². The Labute approximate surface area is 220 Å². The minimum atomic E-state index is -3.57. The van der Waals surface area contributed by atoms with E-state index in [1.807, 2.05) is 31.2 Å². The highest BCUT2D eigenvalue weighted by Gasteiger charge is 2.48. The van der Waals surface area contributed by atoms with Crippen molar-refractivity contribution in [3.8, 4) is 10.4 Å². The number of β-amino-alcohol motifs (C(OH)–C–C–N with tert-alkyl or cyclic N) is 1. The Kier molecular flexibility index (Phi) is 6.71. The van der Waals surface area contributed by atoms with Gasteiger partial charge in [-0.15, -0.1) is 11.3 Å². The molecule has 0 saturated carbocycles. The first-order valence-electron chi connectivity index (χ1n) is 12.4. The van der Waals surface area contributed by atoms with Crippen LogP contribution in [0.5, 0.6) is 0 Å². The van der Waals surface area contributed by atoms with Crippen LogP contribution in [0.2, 0.25) is 0 Å². The number of hydrogen-bond donors (Lipinski definition) is 2. The average Bonchev–Trinajstić information content (AvgIpc) is 3.55. The van der Waals surface area contributed by atoms with Crippen LogP contribution in [0, 0.1) is 6.92 Å². The molecule has 3 aliphatic rings. The molecule has 4 heterocycles. The number of thiazole rings is 1. The molecule has 1 aromatic heterocycles. The molecular weight excluding hydrogens is 514 g/mol. The lowest BCUT2D eigenvalue weighted by molar-refractivity contribution is -0.136. The summed E-state index contributed by atoms with van der Waals surface area (Å²) in [5.41, 5.74) is 3.26. The number of aliphatic imine (C=N–C) groups is 1. The van der Waals surface area contributed by atoms with Crippen LogP contribution >= 0.6 is 11.3 Å². The fraction of sp³-hybridized carbons (Fsp3) is 0.520. The number of carbonyl (C=O) groups is 2. The lowest BCUT2D eigenvalue weighted by atomic mass is 9.91. The monoisotopic (exact) mass is 545 g/mol. The SMILES string of the molecule is Cc1ncsc1-c1ccc([C@]2(C)N=C([C@H]3C[C@@H](O)CN3C(=O)[C@@H]3CCCCN3S(C)(=O)=O)NC2=O)cc1. The molecule has 0 spiro atoms. The third-order valence-corrected chi connectivity index (χ3v) is 9.79. The number of amides is 2. The number of piperidine rings is 1. The van der Waals surface area contributed by atoms with E-state index in [2.05, 4.69) is 10.3 Å². The number of nitrogens with one attached hydrogen (secondary N) is 1.